The van der Waals surface area contributed by atoms with Gasteiger partial charge in [0, 0.05) is 16.6 Å². The zero-order chi connectivity index (χ0) is 12.5. The van der Waals surface area contributed by atoms with E-state index in [4.69, 9.17) is 17.3 Å². The van der Waals surface area contributed by atoms with E-state index in [1.165, 1.54) is 6.07 Å². The predicted octanol–water partition coefficient (Wildman–Crippen LogP) is 3.04. The summed E-state index contributed by atoms with van der Waals surface area (Å²) in [6.07, 6.45) is 0. The number of rotatable bonds is 3. The summed E-state index contributed by atoms with van der Waals surface area (Å²) < 4.78 is 14.4. The first-order chi connectivity index (χ1) is 7.34. The first-order valence-corrected chi connectivity index (χ1v) is 6.08. The number of benzene rings is 1. The lowest BCUT2D eigenvalue weighted by Crippen LogP contribution is -2.40. The number of nitrogens with two attached hydrogens (primary N) is 1. The van der Waals surface area contributed by atoms with Crippen molar-refractivity contribution in [3.63, 3.8) is 0 Å². The topological polar surface area (TPSA) is 46.2 Å². The maximum Gasteiger partial charge on any atom is 0.149 e. The highest BCUT2D eigenvalue weighted by atomic mass is 79.9. The monoisotopic (exact) mass is 309 g/mol. The average Bonchev–Trinajstić information content (AvgIpc) is 2.25. The third kappa shape index (κ3) is 2.25. The summed E-state index contributed by atoms with van der Waals surface area (Å²) in [5.74, 6) is -0.832. The van der Waals surface area contributed by atoms with Gasteiger partial charge in [-0.3, -0.25) is 0 Å². The molecule has 0 bridgehead atoms. The minimum atomic E-state index is -1.39. The molecule has 1 aromatic carbocycles. The molecule has 0 saturated heterocycles. The van der Waals surface area contributed by atoms with E-state index in [9.17, 15) is 9.50 Å². The van der Waals surface area contributed by atoms with Crippen LogP contribution < -0.4 is 5.73 Å². The maximum absolute atomic E-state index is 13.9. The van der Waals surface area contributed by atoms with E-state index < -0.39 is 11.4 Å². The number of aliphatic hydroxyl groups is 1. The highest BCUT2D eigenvalue weighted by Crippen LogP contribution is 2.36. The molecule has 16 heavy (non-hydrogen) atoms. The fourth-order valence-corrected chi connectivity index (χ4v) is 1.99. The van der Waals surface area contributed by atoms with Gasteiger partial charge >= 0.3 is 0 Å². The Bertz CT molecular complexity index is 400. The Kier molecular flexibility index (Phi) is 4.35. The van der Waals surface area contributed by atoms with Gasteiger partial charge in [-0.1, -0.05) is 31.5 Å². The molecule has 3 N–H and O–H groups in total. The summed E-state index contributed by atoms with van der Waals surface area (Å²) in [7, 11) is 0. The summed E-state index contributed by atoms with van der Waals surface area (Å²) in [5.41, 5.74) is 4.27. The zero-order valence-corrected chi connectivity index (χ0v) is 11.4. The molecule has 90 valence electrons. The lowest BCUT2D eigenvalue weighted by molar-refractivity contribution is -0.00432. The molecule has 0 saturated carbocycles. The molecule has 0 aromatic heterocycles. The lowest BCUT2D eigenvalue weighted by atomic mass is 9.83. The van der Waals surface area contributed by atoms with Crippen LogP contribution in [0.25, 0.3) is 0 Å². The Balaban J connectivity index is 3.38. The van der Waals surface area contributed by atoms with Crippen molar-refractivity contribution < 1.29 is 9.50 Å². The van der Waals surface area contributed by atoms with Crippen molar-refractivity contribution in [1.82, 2.24) is 0 Å². The Hall–Kier alpha value is -0.160. The second-order valence-electron chi connectivity index (χ2n) is 4.01. The highest BCUT2D eigenvalue weighted by molar-refractivity contribution is 9.10. The molecule has 0 spiro atoms. The molecule has 0 heterocycles. The van der Waals surface area contributed by atoms with Gasteiger partial charge in [0.25, 0.3) is 0 Å². The first-order valence-electron chi connectivity index (χ1n) is 4.91. The molecular weight excluding hydrogens is 296 g/mol. The fraction of sp³-hybridized carbons (Fsp3) is 0.455. The normalized spacial score (nSPS) is 15.2. The van der Waals surface area contributed by atoms with Crippen molar-refractivity contribution in [1.29, 1.82) is 0 Å². The van der Waals surface area contributed by atoms with Crippen LogP contribution in [-0.4, -0.2) is 11.7 Å². The molecule has 1 atom stereocenters. The van der Waals surface area contributed by atoms with E-state index in [2.05, 4.69) is 15.9 Å². The quantitative estimate of drug-likeness (QED) is 0.843. The second-order valence-corrected chi connectivity index (χ2v) is 5.24. The van der Waals surface area contributed by atoms with Crippen molar-refractivity contribution in [2.75, 3.05) is 6.54 Å². The van der Waals surface area contributed by atoms with E-state index in [1.54, 1.807) is 19.9 Å². The van der Waals surface area contributed by atoms with Gasteiger partial charge in [0.05, 0.1) is 5.02 Å². The number of hydrogen-bond donors (Lipinski definition) is 2. The highest BCUT2D eigenvalue weighted by Gasteiger charge is 2.35. The van der Waals surface area contributed by atoms with Gasteiger partial charge in [-0.15, -0.1) is 0 Å². The van der Waals surface area contributed by atoms with Crippen molar-refractivity contribution >= 4 is 27.5 Å². The molecular formula is C11H14BrClFNO. The minimum absolute atomic E-state index is 0.0370. The molecule has 0 radical (unpaired) electrons. The standard InChI is InChI=1S/C11H14BrClFNO/c1-6(2)11(16,5-15)7-3-4-8(12)9(13)10(7)14/h3-4,6,16H,5,15H2,1-2H3. The van der Waals surface area contributed by atoms with Crippen LogP contribution in [0.1, 0.15) is 19.4 Å². The Labute approximate surface area is 108 Å². The number of halogens is 3. The molecule has 1 rings (SSSR count). The predicted molar refractivity (Wildman–Crippen MR) is 66.9 cm³/mol. The number of hydrogen-bond acceptors (Lipinski definition) is 2. The van der Waals surface area contributed by atoms with Crippen molar-refractivity contribution in [3.05, 3.63) is 33.0 Å². The Morgan fingerprint density at radius 2 is 2.12 bits per heavy atom. The van der Waals surface area contributed by atoms with Gasteiger partial charge in [-0.05, 0) is 27.9 Å². The Morgan fingerprint density at radius 1 is 1.56 bits per heavy atom. The molecule has 0 amide bonds. The molecule has 1 aromatic rings. The van der Waals surface area contributed by atoms with E-state index in [0.29, 0.717) is 4.47 Å². The maximum atomic E-state index is 13.9. The van der Waals surface area contributed by atoms with E-state index in [0.717, 1.165) is 0 Å². The first kappa shape index (κ1) is 13.9. The van der Waals surface area contributed by atoms with Crippen LogP contribution in [0.2, 0.25) is 5.02 Å². The van der Waals surface area contributed by atoms with Gasteiger partial charge in [0.1, 0.15) is 11.4 Å². The molecule has 2 nitrogen and oxygen atoms in total. The minimum Gasteiger partial charge on any atom is -0.383 e. The molecule has 0 fully saturated rings. The van der Waals surface area contributed by atoms with E-state index in [-0.39, 0.29) is 23.0 Å². The van der Waals surface area contributed by atoms with Gasteiger partial charge < -0.3 is 10.8 Å². The SMILES string of the molecule is CC(C)C(O)(CN)c1ccc(Br)c(Cl)c1F. The molecule has 0 aliphatic heterocycles. The van der Waals surface area contributed by atoms with Crippen molar-refractivity contribution in [2.45, 2.75) is 19.4 Å². The summed E-state index contributed by atoms with van der Waals surface area (Å²) in [5, 5.41) is 10.3. The lowest BCUT2D eigenvalue weighted by Gasteiger charge is -2.31. The van der Waals surface area contributed by atoms with Crippen LogP contribution in [-0.2, 0) is 5.60 Å². The third-order valence-electron chi connectivity index (χ3n) is 2.77. The molecule has 0 aliphatic rings. The van der Waals surface area contributed by atoms with Gasteiger partial charge in [0.15, 0.2) is 0 Å². The Morgan fingerprint density at radius 3 is 2.56 bits per heavy atom. The van der Waals surface area contributed by atoms with Crippen molar-refractivity contribution in [2.24, 2.45) is 11.7 Å². The fourth-order valence-electron chi connectivity index (χ4n) is 1.52. The van der Waals surface area contributed by atoms with Gasteiger partial charge in [-0.2, -0.15) is 0 Å². The van der Waals surface area contributed by atoms with Crippen LogP contribution in [0, 0.1) is 11.7 Å². The molecule has 5 heteroatoms. The zero-order valence-electron chi connectivity index (χ0n) is 9.10. The second kappa shape index (κ2) is 5.00. The van der Waals surface area contributed by atoms with Crippen LogP contribution >= 0.6 is 27.5 Å². The van der Waals surface area contributed by atoms with Crippen molar-refractivity contribution in [3.8, 4) is 0 Å². The van der Waals surface area contributed by atoms with Gasteiger partial charge in [-0.25, -0.2) is 4.39 Å². The largest absolute Gasteiger partial charge is 0.383 e. The van der Waals surface area contributed by atoms with E-state index >= 15 is 0 Å². The summed E-state index contributed by atoms with van der Waals surface area (Å²) in [6, 6.07) is 3.10. The van der Waals surface area contributed by atoms with Gasteiger partial charge in [0.2, 0.25) is 0 Å². The summed E-state index contributed by atoms with van der Waals surface area (Å²) in [6.45, 7) is 3.50. The van der Waals surface area contributed by atoms with Crippen LogP contribution in [0.4, 0.5) is 4.39 Å². The average molecular weight is 311 g/mol. The van der Waals surface area contributed by atoms with E-state index in [1.807, 2.05) is 0 Å². The van der Waals surface area contributed by atoms with Crippen LogP contribution in [0.3, 0.4) is 0 Å². The smallest absolute Gasteiger partial charge is 0.149 e. The third-order valence-corrected chi connectivity index (χ3v) is 4.03. The summed E-state index contributed by atoms with van der Waals surface area (Å²) in [4.78, 5) is 0. The van der Waals surface area contributed by atoms with Crippen LogP contribution in [0.15, 0.2) is 16.6 Å². The van der Waals surface area contributed by atoms with Crippen LogP contribution in [0.5, 0.6) is 0 Å². The molecule has 1 unspecified atom stereocenters. The summed E-state index contributed by atoms with van der Waals surface area (Å²) >= 11 is 8.90. The molecule has 0 aliphatic carbocycles.